The van der Waals surface area contributed by atoms with Crippen LogP contribution < -0.4 is 0 Å². The van der Waals surface area contributed by atoms with Crippen LogP contribution in [0.2, 0.25) is 12.6 Å². The summed E-state index contributed by atoms with van der Waals surface area (Å²) in [4.78, 5) is 0. The Morgan fingerprint density at radius 1 is 1.20 bits per heavy atom. The molecule has 0 saturated heterocycles. The molecule has 1 heteroatoms. The zero-order valence-corrected chi connectivity index (χ0v) is 7.10. The molecular formula is C9H18B. The molecule has 1 radical (unpaired) electrons. The summed E-state index contributed by atoms with van der Waals surface area (Å²) in [6.07, 6.45) is 10.1. The molecule has 0 heterocycles. The number of rotatable bonds is 3. The topological polar surface area (TPSA) is 0 Å². The molecule has 0 unspecified atom stereocenters. The van der Waals surface area contributed by atoms with Crippen LogP contribution in [0.25, 0.3) is 0 Å². The molecule has 0 aromatic heterocycles. The SMILES string of the molecule is CC[B]CC1CCCCC1. The van der Waals surface area contributed by atoms with Gasteiger partial charge in [0.2, 0.25) is 0 Å². The van der Waals surface area contributed by atoms with Gasteiger partial charge in [0.25, 0.3) is 0 Å². The van der Waals surface area contributed by atoms with Gasteiger partial charge in [0.1, 0.15) is 7.28 Å². The maximum absolute atomic E-state index is 2.44. The Kier molecular flexibility index (Phi) is 3.93. The van der Waals surface area contributed by atoms with Gasteiger partial charge in [0, 0.05) is 0 Å². The van der Waals surface area contributed by atoms with Gasteiger partial charge in [-0.3, -0.25) is 0 Å². The molecule has 0 bridgehead atoms. The lowest BCUT2D eigenvalue weighted by Gasteiger charge is -2.20. The van der Waals surface area contributed by atoms with Crippen molar-refractivity contribution in [3.05, 3.63) is 0 Å². The van der Waals surface area contributed by atoms with Crippen LogP contribution in [0.5, 0.6) is 0 Å². The first-order chi connectivity index (χ1) is 4.93. The Morgan fingerprint density at radius 3 is 2.50 bits per heavy atom. The average Bonchev–Trinajstić information content (AvgIpc) is 2.03. The lowest BCUT2D eigenvalue weighted by molar-refractivity contribution is 0.384. The van der Waals surface area contributed by atoms with Gasteiger partial charge >= 0.3 is 0 Å². The van der Waals surface area contributed by atoms with Crippen molar-refractivity contribution >= 4 is 7.28 Å². The average molecular weight is 137 g/mol. The van der Waals surface area contributed by atoms with Crippen molar-refractivity contribution in [1.29, 1.82) is 0 Å². The van der Waals surface area contributed by atoms with Crippen LogP contribution in [0.15, 0.2) is 0 Å². The van der Waals surface area contributed by atoms with Crippen molar-refractivity contribution in [2.24, 2.45) is 5.92 Å². The first-order valence-corrected chi connectivity index (χ1v) is 4.75. The van der Waals surface area contributed by atoms with Gasteiger partial charge in [-0.05, 0) is 5.92 Å². The summed E-state index contributed by atoms with van der Waals surface area (Å²) in [6, 6.07) is 0. The van der Waals surface area contributed by atoms with E-state index in [2.05, 4.69) is 14.2 Å². The van der Waals surface area contributed by atoms with E-state index in [-0.39, 0.29) is 0 Å². The van der Waals surface area contributed by atoms with Crippen molar-refractivity contribution in [3.63, 3.8) is 0 Å². The maximum Gasteiger partial charge on any atom is 0.109 e. The highest BCUT2D eigenvalue weighted by atomic mass is 14.1. The summed E-state index contributed by atoms with van der Waals surface area (Å²) in [7, 11) is 2.44. The molecule has 0 aromatic rings. The summed E-state index contributed by atoms with van der Waals surface area (Å²) in [5.41, 5.74) is 0. The minimum Gasteiger partial charge on any atom is -0.0831 e. The van der Waals surface area contributed by atoms with Gasteiger partial charge in [-0.2, -0.15) is 0 Å². The van der Waals surface area contributed by atoms with E-state index in [9.17, 15) is 0 Å². The minimum atomic E-state index is 1.05. The van der Waals surface area contributed by atoms with Crippen LogP contribution in [-0.2, 0) is 0 Å². The van der Waals surface area contributed by atoms with Crippen molar-refractivity contribution in [3.8, 4) is 0 Å². The minimum absolute atomic E-state index is 1.05. The fourth-order valence-corrected chi connectivity index (χ4v) is 1.83. The quantitative estimate of drug-likeness (QED) is 0.524. The smallest absolute Gasteiger partial charge is 0.0831 e. The molecule has 0 aromatic carbocycles. The number of hydrogen-bond acceptors (Lipinski definition) is 0. The predicted molar refractivity (Wildman–Crippen MR) is 47.6 cm³/mol. The molecule has 10 heavy (non-hydrogen) atoms. The molecule has 1 aliphatic carbocycles. The Balaban J connectivity index is 2.02. The summed E-state index contributed by atoms with van der Waals surface area (Å²) in [5.74, 6) is 1.05. The zero-order chi connectivity index (χ0) is 7.23. The molecule has 0 aliphatic heterocycles. The molecule has 0 N–H and O–H groups in total. The molecule has 0 spiro atoms. The second kappa shape index (κ2) is 4.82. The fourth-order valence-electron chi connectivity index (χ4n) is 1.83. The van der Waals surface area contributed by atoms with E-state index in [0.717, 1.165) is 5.92 Å². The molecule has 57 valence electrons. The van der Waals surface area contributed by atoms with Gasteiger partial charge in [-0.1, -0.05) is 51.7 Å². The second-order valence-electron chi connectivity index (χ2n) is 3.44. The van der Waals surface area contributed by atoms with Crippen LogP contribution in [0.1, 0.15) is 39.0 Å². The molecule has 0 amide bonds. The van der Waals surface area contributed by atoms with E-state index in [1.54, 1.807) is 0 Å². The lowest BCUT2D eigenvalue weighted by Crippen LogP contribution is -2.07. The van der Waals surface area contributed by atoms with Gasteiger partial charge < -0.3 is 0 Å². The molecule has 1 aliphatic rings. The molecule has 1 saturated carbocycles. The van der Waals surface area contributed by atoms with Crippen molar-refractivity contribution < 1.29 is 0 Å². The van der Waals surface area contributed by atoms with E-state index in [1.807, 2.05) is 0 Å². The van der Waals surface area contributed by atoms with Crippen molar-refractivity contribution in [2.45, 2.75) is 51.7 Å². The highest BCUT2D eigenvalue weighted by molar-refractivity contribution is 6.35. The standard InChI is InChI=1S/C9H18B/c1-2-10-8-9-6-4-3-5-7-9/h9H,2-8H2,1H3. The monoisotopic (exact) mass is 137 g/mol. The van der Waals surface area contributed by atoms with Crippen LogP contribution >= 0.6 is 0 Å². The molecule has 1 fully saturated rings. The van der Waals surface area contributed by atoms with Crippen LogP contribution in [0.4, 0.5) is 0 Å². The van der Waals surface area contributed by atoms with Crippen LogP contribution in [0.3, 0.4) is 0 Å². The Labute approximate surface area is 65.6 Å². The zero-order valence-electron chi connectivity index (χ0n) is 7.10. The first-order valence-electron chi connectivity index (χ1n) is 4.75. The third-order valence-corrected chi connectivity index (χ3v) is 2.51. The molecule has 1 rings (SSSR count). The lowest BCUT2D eigenvalue weighted by atomic mass is 9.65. The molecule has 0 atom stereocenters. The first kappa shape index (κ1) is 8.16. The van der Waals surface area contributed by atoms with E-state index >= 15 is 0 Å². The van der Waals surface area contributed by atoms with E-state index in [1.165, 1.54) is 44.7 Å². The molecular weight excluding hydrogens is 119 g/mol. The third kappa shape index (κ3) is 2.77. The summed E-state index contributed by atoms with van der Waals surface area (Å²) in [5, 5.41) is 0. The summed E-state index contributed by atoms with van der Waals surface area (Å²) >= 11 is 0. The van der Waals surface area contributed by atoms with E-state index in [0.29, 0.717) is 0 Å². The van der Waals surface area contributed by atoms with E-state index in [4.69, 9.17) is 0 Å². The fraction of sp³-hybridized carbons (Fsp3) is 1.00. The van der Waals surface area contributed by atoms with Gasteiger partial charge in [-0.15, -0.1) is 0 Å². The Morgan fingerprint density at radius 2 is 1.90 bits per heavy atom. The predicted octanol–water partition coefficient (Wildman–Crippen LogP) is 3.13. The summed E-state index contributed by atoms with van der Waals surface area (Å²) < 4.78 is 0. The van der Waals surface area contributed by atoms with Crippen LogP contribution in [-0.4, -0.2) is 7.28 Å². The van der Waals surface area contributed by atoms with Crippen molar-refractivity contribution in [1.82, 2.24) is 0 Å². The highest BCUT2D eigenvalue weighted by Crippen LogP contribution is 2.26. The Bertz CT molecular complexity index is 74.8. The second-order valence-corrected chi connectivity index (χ2v) is 3.44. The highest BCUT2D eigenvalue weighted by Gasteiger charge is 2.11. The van der Waals surface area contributed by atoms with E-state index < -0.39 is 0 Å². The van der Waals surface area contributed by atoms with Crippen LogP contribution in [0, 0.1) is 5.92 Å². The normalized spacial score (nSPS) is 20.9. The number of hydrogen-bond donors (Lipinski definition) is 0. The van der Waals surface area contributed by atoms with Gasteiger partial charge in [-0.25, -0.2) is 0 Å². The van der Waals surface area contributed by atoms with Gasteiger partial charge in [0.05, 0.1) is 0 Å². The van der Waals surface area contributed by atoms with Gasteiger partial charge in [0.15, 0.2) is 0 Å². The van der Waals surface area contributed by atoms with Crippen molar-refractivity contribution in [2.75, 3.05) is 0 Å². The largest absolute Gasteiger partial charge is 0.109 e. The Hall–Kier alpha value is 0.0649. The summed E-state index contributed by atoms with van der Waals surface area (Å²) in [6.45, 7) is 2.24. The molecule has 0 nitrogen and oxygen atoms in total. The third-order valence-electron chi connectivity index (χ3n) is 2.51. The maximum atomic E-state index is 2.44.